The number of amides is 2. The Labute approximate surface area is 121 Å². The molecule has 8 heteroatoms. The van der Waals surface area contributed by atoms with Crippen LogP contribution in [0.2, 0.25) is 0 Å². The molecule has 1 aromatic heterocycles. The Balaban J connectivity index is 2.14. The van der Waals surface area contributed by atoms with Crippen molar-refractivity contribution in [1.29, 1.82) is 5.41 Å². The molecule has 0 fully saturated rings. The molecule has 0 saturated heterocycles. The number of hydrogen-bond donors (Lipinski definition) is 2. The number of anilines is 1. The molecule has 0 bridgehead atoms. The molecule has 0 aliphatic carbocycles. The van der Waals surface area contributed by atoms with Gasteiger partial charge in [-0.2, -0.15) is 5.10 Å². The first-order valence-corrected chi connectivity index (χ1v) is 6.28. The Kier molecular flexibility index (Phi) is 3.97. The van der Waals surface area contributed by atoms with Gasteiger partial charge in [-0.05, 0) is 5.92 Å². The van der Waals surface area contributed by atoms with Crippen LogP contribution in [0.25, 0.3) is 0 Å². The number of hydrazone groups is 1. The van der Waals surface area contributed by atoms with Crippen molar-refractivity contribution < 1.29 is 14.0 Å². The molecule has 1 aromatic rings. The molecule has 0 saturated carbocycles. The molecule has 1 aliphatic heterocycles. The molecule has 0 unspecified atom stereocenters. The van der Waals surface area contributed by atoms with Crippen LogP contribution in [-0.2, 0) is 9.59 Å². The fraction of sp³-hybridized carbons (Fsp3) is 0.308. The predicted octanol–water partition coefficient (Wildman–Crippen LogP) is 1.04. The Morgan fingerprint density at radius 1 is 1.57 bits per heavy atom. The first-order valence-electron chi connectivity index (χ1n) is 6.28. The first kappa shape index (κ1) is 14.6. The van der Waals surface area contributed by atoms with Gasteiger partial charge in [0, 0.05) is 0 Å². The Morgan fingerprint density at radius 3 is 2.86 bits per heavy atom. The van der Waals surface area contributed by atoms with Crippen LogP contribution in [0.5, 0.6) is 0 Å². The molecule has 21 heavy (non-hydrogen) atoms. The molecule has 2 amide bonds. The van der Waals surface area contributed by atoms with Crippen molar-refractivity contribution in [2.24, 2.45) is 11.0 Å². The van der Waals surface area contributed by atoms with E-state index in [1.165, 1.54) is 12.5 Å². The fourth-order valence-electron chi connectivity index (χ4n) is 1.73. The Hall–Kier alpha value is -2.77. The summed E-state index contributed by atoms with van der Waals surface area (Å²) in [6.07, 6.45) is 2.71. The van der Waals surface area contributed by atoms with E-state index in [2.05, 4.69) is 22.0 Å². The monoisotopic (exact) mass is 289 g/mol. The summed E-state index contributed by atoms with van der Waals surface area (Å²) in [6.45, 7) is 6.98. The van der Waals surface area contributed by atoms with Crippen molar-refractivity contribution in [3.8, 4) is 0 Å². The van der Waals surface area contributed by atoms with Crippen molar-refractivity contribution in [3.05, 3.63) is 24.6 Å². The molecule has 2 rings (SSSR count). The smallest absolute Gasteiger partial charge is 0.301 e. The van der Waals surface area contributed by atoms with E-state index in [1.54, 1.807) is 0 Å². The third kappa shape index (κ3) is 3.04. The summed E-state index contributed by atoms with van der Waals surface area (Å²) < 4.78 is 4.88. The van der Waals surface area contributed by atoms with Crippen LogP contribution in [0.4, 0.5) is 6.01 Å². The maximum atomic E-state index is 12.0. The molecule has 2 N–H and O–H groups in total. The summed E-state index contributed by atoms with van der Waals surface area (Å²) in [4.78, 5) is 27.6. The highest BCUT2D eigenvalue weighted by Gasteiger charge is 2.31. The number of carbonyl (C=O) groups is 2. The lowest BCUT2D eigenvalue weighted by Crippen LogP contribution is -2.43. The number of rotatable bonds is 4. The zero-order valence-corrected chi connectivity index (χ0v) is 11.7. The lowest BCUT2D eigenvalue weighted by Gasteiger charge is -2.26. The average molecular weight is 289 g/mol. The van der Waals surface area contributed by atoms with Gasteiger partial charge in [0.15, 0.2) is 0 Å². The number of hydrogen-bond acceptors (Lipinski definition) is 6. The number of nitrogens with zero attached hydrogens (tertiary/aromatic N) is 3. The summed E-state index contributed by atoms with van der Waals surface area (Å²) in [5.74, 6) is -1.12. The summed E-state index contributed by atoms with van der Waals surface area (Å²) in [5, 5.41) is 15.3. The number of oxazole rings is 1. The van der Waals surface area contributed by atoms with Crippen LogP contribution in [0, 0.1) is 11.3 Å². The maximum Gasteiger partial charge on any atom is 0.301 e. The number of nitrogens with one attached hydrogen (secondary N) is 2. The van der Waals surface area contributed by atoms with E-state index in [0.717, 1.165) is 5.01 Å². The molecule has 8 nitrogen and oxygen atoms in total. The van der Waals surface area contributed by atoms with Gasteiger partial charge in [-0.3, -0.25) is 20.3 Å². The van der Waals surface area contributed by atoms with Crippen molar-refractivity contribution in [1.82, 2.24) is 9.99 Å². The SMILES string of the molecule is C=C1C(=N)C(C(C)C)=NN(CC(=O)Nc2ncco2)C1=O. The highest BCUT2D eigenvalue weighted by molar-refractivity contribution is 6.54. The minimum Gasteiger partial charge on any atom is -0.432 e. The van der Waals surface area contributed by atoms with Gasteiger partial charge in [0.05, 0.1) is 23.2 Å². The third-order valence-electron chi connectivity index (χ3n) is 2.80. The van der Waals surface area contributed by atoms with Gasteiger partial charge in [-0.1, -0.05) is 20.4 Å². The van der Waals surface area contributed by atoms with Crippen molar-refractivity contribution in [2.45, 2.75) is 13.8 Å². The molecule has 1 aliphatic rings. The topological polar surface area (TPSA) is 112 Å². The summed E-state index contributed by atoms with van der Waals surface area (Å²) >= 11 is 0. The molecular formula is C13H15N5O3. The quantitative estimate of drug-likeness (QED) is 0.806. The first-order chi connectivity index (χ1) is 9.90. The van der Waals surface area contributed by atoms with Crippen molar-refractivity contribution >= 4 is 29.3 Å². The average Bonchev–Trinajstić information content (AvgIpc) is 2.91. The number of carbonyl (C=O) groups excluding carboxylic acids is 2. The fourth-order valence-corrected chi connectivity index (χ4v) is 1.73. The van der Waals surface area contributed by atoms with Gasteiger partial charge >= 0.3 is 6.01 Å². The zero-order valence-electron chi connectivity index (χ0n) is 11.7. The van der Waals surface area contributed by atoms with Crippen LogP contribution < -0.4 is 5.32 Å². The largest absolute Gasteiger partial charge is 0.432 e. The van der Waals surface area contributed by atoms with E-state index in [0.29, 0.717) is 5.71 Å². The summed E-state index contributed by atoms with van der Waals surface area (Å²) in [5.41, 5.74) is 0.459. The van der Waals surface area contributed by atoms with E-state index < -0.39 is 11.8 Å². The molecule has 0 atom stereocenters. The third-order valence-corrected chi connectivity index (χ3v) is 2.80. The maximum absolute atomic E-state index is 12.0. The normalized spacial score (nSPS) is 15.5. The minimum atomic E-state index is -0.563. The van der Waals surface area contributed by atoms with Gasteiger partial charge < -0.3 is 4.42 Å². The summed E-state index contributed by atoms with van der Waals surface area (Å²) in [6, 6.07) is 0.0455. The zero-order chi connectivity index (χ0) is 15.6. The van der Waals surface area contributed by atoms with Gasteiger partial charge in [-0.15, -0.1) is 0 Å². The summed E-state index contributed by atoms with van der Waals surface area (Å²) in [7, 11) is 0. The second-order valence-corrected chi connectivity index (χ2v) is 4.74. The van der Waals surface area contributed by atoms with Crippen molar-refractivity contribution in [2.75, 3.05) is 11.9 Å². The lowest BCUT2D eigenvalue weighted by atomic mass is 9.97. The molecular weight excluding hydrogens is 274 g/mol. The van der Waals surface area contributed by atoms with Crippen molar-refractivity contribution in [3.63, 3.8) is 0 Å². The lowest BCUT2D eigenvalue weighted by molar-refractivity contribution is -0.131. The van der Waals surface area contributed by atoms with Crippen LogP contribution in [0.1, 0.15) is 13.8 Å². The van der Waals surface area contributed by atoms with E-state index in [9.17, 15) is 9.59 Å². The second kappa shape index (κ2) is 5.70. The molecule has 0 radical (unpaired) electrons. The molecule has 0 aromatic carbocycles. The molecule has 110 valence electrons. The van der Waals surface area contributed by atoms with Crippen LogP contribution in [0.15, 0.2) is 34.1 Å². The minimum absolute atomic E-state index is 0.0133. The van der Waals surface area contributed by atoms with Crippen LogP contribution in [-0.4, -0.2) is 39.8 Å². The standard InChI is InChI=1S/C13H15N5O3/c1-7(2)11-10(14)8(3)12(20)18(17-11)6-9(19)16-13-15-4-5-21-13/h4-5,7,14H,3,6H2,1-2H3,(H,15,16,19). The van der Waals surface area contributed by atoms with Gasteiger partial charge in [0.1, 0.15) is 12.8 Å². The van der Waals surface area contributed by atoms with Gasteiger partial charge in [0.25, 0.3) is 5.91 Å². The van der Waals surface area contributed by atoms with E-state index >= 15 is 0 Å². The number of aromatic nitrogens is 1. The van der Waals surface area contributed by atoms with E-state index in [4.69, 9.17) is 9.83 Å². The highest BCUT2D eigenvalue weighted by atomic mass is 16.4. The van der Waals surface area contributed by atoms with Crippen LogP contribution >= 0.6 is 0 Å². The molecule has 2 heterocycles. The van der Waals surface area contributed by atoms with Gasteiger partial charge in [-0.25, -0.2) is 9.99 Å². The molecule has 0 spiro atoms. The highest BCUT2D eigenvalue weighted by Crippen LogP contribution is 2.15. The second-order valence-electron chi connectivity index (χ2n) is 4.74. The van der Waals surface area contributed by atoms with Gasteiger partial charge in [0.2, 0.25) is 5.91 Å². The predicted molar refractivity (Wildman–Crippen MR) is 76.0 cm³/mol. The Morgan fingerprint density at radius 2 is 2.29 bits per heavy atom. The van der Waals surface area contributed by atoms with Crippen LogP contribution in [0.3, 0.4) is 0 Å². The van der Waals surface area contributed by atoms with E-state index in [-0.39, 0.29) is 29.8 Å². The van der Waals surface area contributed by atoms with E-state index in [1.807, 2.05) is 13.8 Å². The Bertz CT molecular complexity index is 630.